The minimum Gasteiger partial charge on any atom is -1.00 e. The maximum Gasteiger partial charge on any atom is -1.00 e. The molecule has 12 aromatic rings. The molecule has 4 heterocycles. The average Bonchev–Trinajstić information content (AvgIpc) is 1.55. The van der Waals surface area contributed by atoms with Crippen molar-refractivity contribution < 1.29 is 65.7 Å². The molecule has 0 N–H and O–H groups in total. The number of hydrogen-bond acceptors (Lipinski definition) is 4. The van der Waals surface area contributed by atoms with Crippen molar-refractivity contribution in [1.82, 2.24) is 0 Å². The van der Waals surface area contributed by atoms with Gasteiger partial charge in [-0.2, -0.15) is 0 Å². The molecule has 8 aromatic carbocycles. The van der Waals surface area contributed by atoms with E-state index >= 15 is 0 Å². The van der Waals surface area contributed by atoms with Crippen LogP contribution in [0.25, 0.3) is 90.1 Å². The van der Waals surface area contributed by atoms with Crippen molar-refractivity contribution in [3.63, 3.8) is 0 Å². The van der Waals surface area contributed by atoms with Crippen LogP contribution in [0.1, 0.15) is 121 Å². The van der Waals surface area contributed by atoms with E-state index in [4.69, 9.17) is 17.7 Å². The third-order valence-corrected chi connectivity index (χ3v) is 28.2. The van der Waals surface area contributed by atoms with Crippen LogP contribution in [0, 0.1) is 41.5 Å². The normalized spacial score (nSPS) is 16.8. The van der Waals surface area contributed by atoms with Crippen LogP contribution in [0.3, 0.4) is 0 Å². The van der Waals surface area contributed by atoms with Crippen molar-refractivity contribution >= 4 is 73.6 Å². The second-order valence-electron chi connectivity index (χ2n) is 26.7. The van der Waals surface area contributed by atoms with Crippen LogP contribution in [0.4, 0.5) is 0 Å². The summed E-state index contributed by atoms with van der Waals surface area (Å²) < 4.78 is 28.5. The average molecular weight is 1390 g/mol. The Balaban J connectivity index is 0.00000389. The molecule has 0 saturated carbocycles. The van der Waals surface area contributed by atoms with E-state index in [-0.39, 0.29) is 43.9 Å². The van der Waals surface area contributed by atoms with Crippen LogP contribution in [-0.2, 0) is 23.2 Å². The zero-order valence-electron chi connectivity index (χ0n) is 55.3. The second kappa shape index (κ2) is 25.7. The topological polar surface area (TPSA) is 52.6 Å². The molecule has 0 fully saturated rings. The molecule has 0 bridgehead atoms. The van der Waals surface area contributed by atoms with Gasteiger partial charge in [-0.15, -0.1) is 0 Å². The molecule has 4 nitrogen and oxygen atoms in total. The minimum atomic E-state index is -2.00. The molecule has 0 spiro atoms. The monoisotopic (exact) mass is 1390 g/mol. The van der Waals surface area contributed by atoms with Crippen molar-refractivity contribution in [3.05, 3.63) is 320 Å². The first-order valence-corrected chi connectivity index (χ1v) is 41.7. The van der Waals surface area contributed by atoms with Crippen molar-refractivity contribution in [2.75, 3.05) is 0 Å². The summed E-state index contributed by atoms with van der Waals surface area (Å²) in [5.74, 6) is 6.87. The Morgan fingerprint density at radius 2 is 0.600 bits per heavy atom. The van der Waals surface area contributed by atoms with Gasteiger partial charge in [-0.05, 0) is 0 Å². The van der Waals surface area contributed by atoms with E-state index in [1.807, 2.05) is 0 Å². The first kappa shape index (κ1) is 64.1. The Bertz CT molecular complexity index is 4780. The van der Waals surface area contributed by atoms with Crippen LogP contribution in [0.2, 0.25) is 26.2 Å². The van der Waals surface area contributed by atoms with Crippen molar-refractivity contribution in [2.45, 2.75) is 86.8 Å². The number of halogens is 2. The van der Waals surface area contributed by atoms with E-state index in [0.717, 1.165) is 46.1 Å². The van der Waals surface area contributed by atoms with Crippen molar-refractivity contribution in [1.29, 1.82) is 0 Å². The number of rotatable bonds is 14. The summed E-state index contributed by atoms with van der Waals surface area (Å²) in [6.07, 6.45) is 4.97. The molecule has 9 heteroatoms. The number of allylic oxidation sites excluding steroid dienone is 6. The molecule has 95 heavy (non-hydrogen) atoms. The van der Waals surface area contributed by atoms with Gasteiger partial charge in [0, 0.05) is 0 Å². The molecule has 0 aliphatic heterocycles. The number of furan rings is 4. The third-order valence-electron chi connectivity index (χ3n) is 20.1. The summed E-state index contributed by atoms with van der Waals surface area (Å²) in [6, 6.07) is 82.3. The van der Waals surface area contributed by atoms with E-state index in [9.17, 15) is 0 Å². The van der Waals surface area contributed by atoms with Gasteiger partial charge in [0.05, 0.1) is 0 Å². The molecule has 0 radical (unpaired) electrons. The van der Waals surface area contributed by atoms with Crippen molar-refractivity contribution in [2.24, 2.45) is 0 Å². The molecule has 4 aliphatic rings. The van der Waals surface area contributed by atoms with E-state index in [1.165, 1.54) is 144 Å². The van der Waals surface area contributed by atoms with Crippen LogP contribution in [0.15, 0.2) is 236 Å². The zero-order valence-corrected chi connectivity index (χ0v) is 61.6. The molecule has 0 saturated heterocycles. The van der Waals surface area contributed by atoms with Crippen LogP contribution in [-0.4, -0.2) is 17.6 Å². The van der Waals surface area contributed by atoms with E-state index in [1.54, 1.807) is 0 Å². The van der Waals surface area contributed by atoms with E-state index in [2.05, 4.69) is 298 Å². The van der Waals surface area contributed by atoms with Gasteiger partial charge in [-0.25, -0.2) is 0 Å². The standard InChI is InChI=1S/2C43H37O2Si.2ClH.Zr/c2*1-26-16-20-32-33(39(26)29-12-8-6-9-13-29)25-35(37-22-18-28(3)45-37)42(32)43-34(36-21-17-27(2)44-36)24-31-19-23-38(46(4)5)40(41(31)43)30-14-10-7-11-15-30;;;/h2*6-25,42,46H,1-5H3;2*1H;/q;;;;+2/p-2. The molecule has 4 atom stereocenters. The Hall–Kier alpha value is -8.26. The Morgan fingerprint density at radius 3 is 0.905 bits per heavy atom. The summed E-state index contributed by atoms with van der Waals surface area (Å²) in [5, 5.41) is 2.95. The van der Waals surface area contributed by atoms with Gasteiger partial charge in [0.25, 0.3) is 0 Å². The molecular formula is C86H74Cl2O4Si2Zr. The first-order chi connectivity index (χ1) is 45.3. The number of fused-ring (bicyclic) bond motifs is 4. The number of aryl methyl sites for hydroxylation is 6. The van der Waals surface area contributed by atoms with Gasteiger partial charge in [0.2, 0.25) is 0 Å². The van der Waals surface area contributed by atoms with Gasteiger partial charge in [0.1, 0.15) is 0 Å². The van der Waals surface area contributed by atoms with Gasteiger partial charge < -0.3 is 24.8 Å². The maximum atomic E-state index is 7.31. The minimum absolute atomic E-state index is 0. The van der Waals surface area contributed by atoms with Crippen LogP contribution < -0.4 is 35.2 Å². The van der Waals surface area contributed by atoms with Crippen LogP contribution in [0.5, 0.6) is 0 Å². The summed E-state index contributed by atoms with van der Waals surface area (Å²) in [6.45, 7) is 22.9. The quantitative estimate of drug-likeness (QED) is 0.102. The fraction of sp³-hybridized carbons (Fsp3) is 0.163. The summed E-state index contributed by atoms with van der Waals surface area (Å²) >= 11 is -2.00. The van der Waals surface area contributed by atoms with Crippen LogP contribution >= 0.6 is 0 Å². The fourth-order valence-corrected chi connectivity index (χ4v) is 24.1. The van der Waals surface area contributed by atoms with E-state index < -0.39 is 40.8 Å². The molecule has 4 aromatic heterocycles. The van der Waals surface area contributed by atoms with Gasteiger partial charge in [-0.1, -0.05) is 0 Å². The number of benzene rings is 8. The Morgan fingerprint density at radius 1 is 0.295 bits per heavy atom. The molecule has 4 unspecified atom stereocenters. The maximum absolute atomic E-state index is 7.31. The molecule has 0 amide bonds. The smallest absolute Gasteiger partial charge is 1.00 e. The fourth-order valence-electron chi connectivity index (χ4n) is 16.2. The third kappa shape index (κ3) is 10.8. The van der Waals surface area contributed by atoms with Gasteiger partial charge >= 0.3 is 566 Å². The number of hydrogen-bond donors (Lipinski definition) is 0. The van der Waals surface area contributed by atoms with Crippen molar-refractivity contribution in [3.8, 4) is 44.5 Å². The SMILES string of the molecule is Cc1ccc(C2=Cc3c(ccc(C)c3-c3ccccc3)C2C2=C(c3ccc(C)o3)[CH]([Zr+2][CH]3C(c4ccc(C)o4)=C(C4C(c5ccc(C)o5)=Cc5c4ccc(C)c5-c4ccccc4)c4c3ccc([SiH](C)C)c4-c3ccccc3)c3ccc([SiH](C)C)c(-c4ccccc4)c32)o1.[Cl-].[Cl-]. The second-order valence-corrected chi connectivity index (χ2v) is 36.2. The molecule has 468 valence electrons. The molecule has 4 aliphatic carbocycles. The zero-order chi connectivity index (χ0) is 63.5. The Labute approximate surface area is 585 Å². The Kier molecular flexibility index (Phi) is 17.3. The predicted octanol–water partition coefficient (Wildman–Crippen LogP) is 15.4. The summed E-state index contributed by atoms with van der Waals surface area (Å²) in [5.41, 5.74) is 30.9. The predicted molar refractivity (Wildman–Crippen MR) is 388 cm³/mol. The summed E-state index contributed by atoms with van der Waals surface area (Å²) in [4.78, 5) is 0. The van der Waals surface area contributed by atoms with Gasteiger partial charge in [-0.3, -0.25) is 0 Å². The van der Waals surface area contributed by atoms with E-state index in [0.29, 0.717) is 0 Å². The first-order valence-electron chi connectivity index (χ1n) is 33.1. The molecule has 16 rings (SSSR count). The van der Waals surface area contributed by atoms with Gasteiger partial charge in [0.15, 0.2) is 0 Å². The molecular weight excluding hydrogens is 1320 g/mol. The largest absolute Gasteiger partial charge is 1.00 e. The summed E-state index contributed by atoms with van der Waals surface area (Å²) in [7, 11) is -3.03.